The number of hydrogen-bond acceptors (Lipinski definition) is 9. The molecule has 3 aromatic carbocycles. The molecule has 0 radical (unpaired) electrons. The summed E-state index contributed by atoms with van der Waals surface area (Å²) in [6.45, 7) is 5.63. The summed E-state index contributed by atoms with van der Waals surface area (Å²) in [6.07, 6.45) is -2.91. The number of amides is 1. The third kappa shape index (κ3) is 7.57. The summed E-state index contributed by atoms with van der Waals surface area (Å²) in [7, 11) is -2.32. The van der Waals surface area contributed by atoms with Crippen LogP contribution in [0, 0.1) is 24.5 Å². The van der Waals surface area contributed by atoms with E-state index < -0.39 is 87.7 Å². The Kier molecular flexibility index (Phi) is 10.1. The molecule has 6 aromatic rings. The number of fused-ring (bicyclic) bond motifs is 5. The molecular weight excluding hydrogens is 857 g/mol. The van der Waals surface area contributed by atoms with Gasteiger partial charge in [0.25, 0.3) is 17.9 Å². The average Bonchev–Trinajstić information content (AvgIpc) is 3.72. The highest BCUT2D eigenvalue weighted by atomic mass is 32.2. The summed E-state index contributed by atoms with van der Waals surface area (Å²) in [4.78, 5) is 36.3. The fourth-order valence-electron chi connectivity index (χ4n) is 9.35. The molecule has 2 N–H and O–H groups in total. The Hall–Kier alpha value is -5.96. The molecule has 14 nitrogen and oxygen atoms in total. The van der Waals surface area contributed by atoms with Gasteiger partial charge in [-0.1, -0.05) is 6.07 Å². The number of morpholine rings is 1. The summed E-state index contributed by atoms with van der Waals surface area (Å²) >= 11 is 0. The van der Waals surface area contributed by atoms with Crippen LogP contribution in [0.2, 0.25) is 0 Å². The monoisotopic (exact) mass is 897 g/mol. The van der Waals surface area contributed by atoms with E-state index in [0.29, 0.717) is 40.5 Å². The van der Waals surface area contributed by atoms with Gasteiger partial charge in [-0.25, -0.2) is 31.0 Å². The van der Waals surface area contributed by atoms with Crippen LogP contribution in [-0.2, 0) is 45.5 Å². The predicted octanol–water partition coefficient (Wildman–Crippen LogP) is 6.29. The Morgan fingerprint density at radius 2 is 1.71 bits per heavy atom. The van der Waals surface area contributed by atoms with Crippen molar-refractivity contribution in [1.82, 2.24) is 34.4 Å². The van der Waals surface area contributed by atoms with Crippen LogP contribution >= 0.6 is 0 Å². The number of sulfonamides is 1. The Labute approximate surface area is 355 Å². The number of ether oxygens (including phenoxy) is 1. The van der Waals surface area contributed by atoms with Gasteiger partial charge in [-0.3, -0.25) is 28.2 Å². The Bertz CT molecular complexity index is 3010. The minimum absolute atomic E-state index is 0.00421. The number of rotatable bonds is 11. The minimum Gasteiger partial charge on any atom is -0.372 e. The lowest BCUT2D eigenvalue weighted by molar-refractivity contribution is -0.123. The van der Waals surface area contributed by atoms with Crippen molar-refractivity contribution < 1.29 is 44.3 Å². The Morgan fingerprint density at radius 3 is 2.38 bits per heavy atom. The summed E-state index contributed by atoms with van der Waals surface area (Å²) in [5.41, 5.74) is -0.724. The zero-order valence-corrected chi connectivity index (χ0v) is 35.3. The number of aryl methyl sites for hydroxylation is 2. The minimum atomic E-state index is -3.85. The quantitative estimate of drug-likeness (QED) is 0.143. The maximum absolute atomic E-state index is 15.6. The van der Waals surface area contributed by atoms with E-state index in [-0.39, 0.29) is 63.5 Å². The molecule has 3 aromatic heterocycles. The van der Waals surface area contributed by atoms with E-state index in [2.05, 4.69) is 25.1 Å². The number of alkyl halides is 4. The molecule has 63 heavy (non-hydrogen) atoms. The molecule has 0 bridgehead atoms. The second-order valence-electron chi connectivity index (χ2n) is 16.7. The van der Waals surface area contributed by atoms with Crippen LogP contribution in [0.25, 0.3) is 27.5 Å². The van der Waals surface area contributed by atoms with Gasteiger partial charge in [-0.2, -0.15) is 19.0 Å². The van der Waals surface area contributed by atoms with Gasteiger partial charge in [0.1, 0.15) is 35.4 Å². The number of aromatic nitrogens is 6. The molecule has 2 aliphatic carbocycles. The van der Waals surface area contributed by atoms with Crippen LogP contribution in [-0.4, -0.2) is 75.0 Å². The number of hydrogen-bond donors (Lipinski definition) is 2. The molecule has 1 unspecified atom stereocenters. The Balaban J connectivity index is 1.24. The third-order valence-corrected chi connectivity index (χ3v) is 12.4. The fraction of sp³-hybridized carbons (Fsp3) is 0.405. The maximum atomic E-state index is 15.6. The van der Waals surface area contributed by atoms with Gasteiger partial charge < -0.3 is 15.0 Å². The molecule has 9 rings (SSSR count). The number of carbonyl (C=O) groups excluding carboxylic acids is 1. The summed E-state index contributed by atoms with van der Waals surface area (Å²) in [5.74, 6) is -8.68. The first kappa shape index (κ1) is 42.3. The fourth-order valence-corrected chi connectivity index (χ4v) is 9.85. The summed E-state index contributed by atoms with van der Waals surface area (Å²) in [5, 5.41) is 11.3. The van der Waals surface area contributed by atoms with Crippen molar-refractivity contribution in [2.24, 2.45) is 13.0 Å². The predicted molar refractivity (Wildman–Crippen MR) is 220 cm³/mol. The van der Waals surface area contributed by atoms with Crippen molar-refractivity contribution in [3.8, 4) is 5.69 Å². The van der Waals surface area contributed by atoms with Gasteiger partial charge in [0.15, 0.2) is 5.82 Å². The smallest absolute Gasteiger partial charge is 0.293 e. The van der Waals surface area contributed by atoms with E-state index in [1.54, 1.807) is 37.3 Å². The Morgan fingerprint density at radius 1 is 1.02 bits per heavy atom. The molecule has 4 heterocycles. The number of halogens is 6. The topological polar surface area (TPSA) is 158 Å². The number of benzene rings is 3. The third-order valence-electron chi connectivity index (χ3n) is 11.8. The van der Waals surface area contributed by atoms with Gasteiger partial charge in [-0.05, 0) is 80.6 Å². The van der Waals surface area contributed by atoms with Crippen molar-refractivity contribution in [3.05, 3.63) is 104 Å². The van der Waals surface area contributed by atoms with Gasteiger partial charge >= 0.3 is 0 Å². The van der Waals surface area contributed by atoms with Crippen molar-refractivity contribution in [3.63, 3.8) is 0 Å². The molecule has 2 fully saturated rings. The first-order valence-electron chi connectivity index (χ1n) is 20.1. The first-order chi connectivity index (χ1) is 29.7. The van der Waals surface area contributed by atoms with Crippen LogP contribution in [0.1, 0.15) is 72.6 Å². The summed E-state index contributed by atoms with van der Waals surface area (Å²) < 4.78 is 125. The molecule has 1 saturated carbocycles. The lowest BCUT2D eigenvalue weighted by Crippen LogP contribution is -2.45. The van der Waals surface area contributed by atoms with Crippen molar-refractivity contribution in [2.75, 3.05) is 29.0 Å². The number of nitrogens with zero attached hydrogens (tertiary/aromatic N) is 7. The number of carbonyl (C=O) groups is 1. The molecule has 1 amide bonds. The molecule has 5 atom stereocenters. The van der Waals surface area contributed by atoms with Crippen LogP contribution in [0.15, 0.2) is 53.3 Å². The van der Waals surface area contributed by atoms with Crippen molar-refractivity contribution in [2.45, 2.75) is 76.7 Å². The highest BCUT2D eigenvalue weighted by Gasteiger charge is 2.67. The van der Waals surface area contributed by atoms with Crippen LogP contribution in [0.4, 0.5) is 37.8 Å². The molecule has 332 valence electrons. The second kappa shape index (κ2) is 15.1. The maximum Gasteiger partial charge on any atom is 0.293 e. The number of nitrogens with one attached hydrogen (secondary N) is 2. The van der Waals surface area contributed by atoms with E-state index in [1.807, 2.05) is 13.8 Å². The standard InChI is InChI=1S/C42H41F6N9O5S/c1-19-6-9-31(36-33(19)39(52-54(36)4)53-63(5,60)61)57-40(50-29-14-25(7-8-26(29)41(57)59)55-16-20(2)62-21(3)17-55)30(12-22-10-23(43)13-24(44)11-22)49-32(58)18-56-37-34(35(51-56)38(45)46)27-15-28(27)42(37,47)48/h6-11,13-14,20-21,27-28,30,38H,12,15-18H2,1-5H3,(H,49,58)(H,52,53)/t20-,21+,27-,28+,30?/m0/s1. The van der Waals surface area contributed by atoms with E-state index in [0.717, 1.165) is 18.4 Å². The largest absolute Gasteiger partial charge is 0.372 e. The van der Waals surface area contributed by atoms with Gasteiger partial charge in [-0.15, -0.1) is 0 Å². The average molecular weight is 898 g/mol. The second-order valence-corrected chi connectivity index (χ2v) is 18.5. The lowest BCUT2D eigenvalue weighted by Gasteiger charge is -2.37. The lowest BCUT2D eigenvalue weighted by atomic mass is 10.0. The highest BCUT2D eigenvalue weighted by Crippen LogP contribution is 2.68. The molecule has 3 aliphatic rings. The van der Waals surface area contributed by atoms with Crippen molar-refractivity contribution >= 4 is 49.2 Å². The SMILES string of the molecule is Cc1ccc(-n2c(C(Cc3cc(F)cc(F)c3)NC(=O)Cn3nc(C(F)F)c4c3C(F)(F)[C@@H]3C[C@H]43)nc3cc(N4C[C@@H](C)O[C@@H](C)C4)ccc3c2=O)c2c1c(NS(C)(=O)=O)nn2C. The highest BCUT2D eigenvalue weighted by molar-refractivity contribution is 7.92. The number of anilines is 2. The molecule has 21 heteroatoms. The van der Waals surface area contributed by atoms with Crippen LogP contribution in [0.5, 0.6) is 0 Å². The molecule has 1 aliphatic heterocycles. The van der Waals surface area contributed by atoms with Crippen LogP contribution < -0.4 is 20.5 Å². The zero-order valence-electron chi connectivity index (χ0n) is 34.5. The van der Waals surface area contributed by atoms with E-state index in [1.165, 1.54) is 16.3 Å². The van der Waals surface area contributed by atoms with E-state index in [4.69, 9.17) is 9.72 Å². The normalized spacial score (nSPS) is 20.9. The van der Waals surface area contributed by atoms with Gasteiger partial charge in [0, 0.05) is 49.8 Å². The molecule has 0 spiro atoms. The molecular formula is C42H41F6N9O5S. The van der Waals surface area contributed by atoms with Crippen molar-refractivity contribution in [1.29, 1.82) is 0 Å². The van der Waals surface area contributed by atoms with E-state index in [9.17, 15) is 30.8 Å². The molecule has 1 saturated heterocycles. The first-order valence-corrected chi connectivity index (χ1v) is 22.0. The van der Waals surface area contributed by atoms with E-state index >= 15 is 13.6 Å². The summed E-state index contributed by atoms with van der Waals surface area (Å²) in [6, 6.07) is 9.44. The zero-order chi connectivity index (χ0) is 45.0. The van der Waals surface area contributed by atoms with Gasteiger partial charge in [0.05, 0.1) is 52.0 Å². The van der Waals surface area contributed by atoms with Crippen LogP contribution in [0.3, 0.4) is 0 Å². The van der Waals surface area contributed by atoms with Gasteiger partial charge in [0.2, 0.25) is 15.9 Å².